The smallest absolute Gasteiger partial charge is 0.247 e. The van der Waals surface area contributed by atoms with Gasteiger partial charge in [0.2, 0.25) is 11.8 Å². The summed E-state index contributed by atoms with van der Waals surface area (Å²) in [4.78, 5) is 35.3. The van der Waals surface area contributed by atoms with Crippen molar-refractivity contribution < 1.29 is 14.3 Å². The third-order valence-electron chi connectivity index (χ3n) is 6.66. The van der Waals surface area contributed by atoms with Crippen LogP contribution < -0.4 is 14.5 Å². The van der Waals surface area contributed by atoms with Crippen molar-refractivity contribution in [2.75, 3.05) is 23.5 Å². The Morgan fingerprint density at radius 2 is 1.72 bits per heavy atom. The van der Waals surface area contributed by atoms with E-state index in [0.717, 1.165) is 28.2 Å². The van der Waals surface area contributed by atoms with Crippen LogP contribution in [0.2, 0.25) is 0 Å². The molecular formula is C29H30N4O3. The van der Waals surface area contributed by atoms with Crippen LogP contribution in [0.1, 0.15) is 32.0 Å². The van der Waals surface area contributed by atoms with Gasteiger partial charge in [-0.05, 0) is 50.2 Å². The van der Waals surface area contributed by atoms with Crippen molar-refractivity contribution in [1.82, 2.24) is 9.55 Å². The number of amides is 2. The Labute approximate surface area is 210 Å². The molecule has 2 heterocycles. The Morgan fingerprint density at radius 1 is 1.03 bits per heavy atom. The van der Waals surface area contributed by atoms with Crippen LogP contribution in [0.5, 0.6) is 5.75 Å². The first kappa shape index (κ1) is 23.6. The maximum Gasteiger partial charge on any atom is 0.247 e. The lowest BCUT2D eigenvalue weighted by atomic mass is 10.1. The molecule has 1 aromatic heterocycles. The number of hydrogen-bond acceptors (Lipinski definition) is 4. The van der Waals surface area contributed by atoms with Gasteiger partial charge in [0, 0.05) is 30.6 Å². The molecule has 36 heavy (non-hydrogen) atoms. The average molecular weight is 483 g/mol. The fourth-order valence-electron chi connectivity index (χ4n) is 5.07. The number of nitrogens with zero attached hydrogens (tertiary/aromatic N) is 4. The van der Waals surface area contributed by atoms with Crippen LogP contribution >= 0.6 is 0 Å². The molecule has 1 unspecified atom stereocenters. The zero-order valence-electron chi connectivity index (χ0n) is 20.8. The Morgan fingerprint density at radius 3 is 2.47 bits per heavy atom. The monoisotopic (exact) mass is 482 g/mol. The van der Waals surface area contributed by atoms with Crippen molar-refractivity contribution in [1.29, 1.82) is 0 Å². The average Bonchev–Trinajstić information content (AvgIpc) is 3.45. The third kappa shape index (κ3) is 4.33. The lowest BCUT2D eigenvalue weighted by Gasteiger charge is -2.28. The van der Waals surface area contributed by atoms with Gasteiger partial charge in [0.1, 0.15) is 18.1 Å². The summed E-state index contributed by atoms with van der Waals surface area (Å²) in [5, 5.41) is 0. The van der Waals surface area contributed by atoms with Crippen LogP contribution in [0.25, 0.3) is 11.0 Å². The Kier molecular flexibility index (Phi) is 6.46. The molecule has 0 radical (unpaired) electrons. The fourth-order valence-corrected chi connectivity index (χ4v) is 5.07. The van der Waals surface area contributed by atoms with E-state index >= 15 is 0 Å². The summed E-state index contributed by atoms with van der Waals surface area (Å²) in [6.45, 7) is 4.64. The zero-order chi connectivity index (χ0) is 25.2. The van der Waals surface area contributed by atoms with E-state index in [1.165, 1.54) is 0 Å². The van der Waals surface area contributed by atoms with Gasteiger partial charge in [0.15, 0.2) is 0 Å². The molecule has 0 N–H and O–H groups in total. The van der Waals surface area contributed by atoms with Gasteiger partial charge < -0.3 is 19.1 Å². The summed E-state index contributed by atoms with van der Waals surface area (Å²) in [6, 6.07) is 25.1. The quantitative estimate of drug-likeness (QED) is 0.372. The van der Waals surface area contributed by atoms with Crippen LogP contribution in [0.15, 0.2) is 78.9 Å². The molecule has 1 atom stereocenters. The molecule has 0 aliphatic carbocycles. The SMILES string of the molecule is COc1ccccc1N1CC(c2nc3ccccc3n2CC(=O)N(c2ccccc2)C(C)C)CC1=O. The van der Waals surface area contributed by atoms with Crippen LogP contribution in [-0.2, 0) is 16.1 Å². The highest BCUT2D eigenvalue weighted by molar-refractivity contribution is 5.98. The summed E-state index contributed by atoms with van der Waals surface area (Å²) in [7, 11) is 1.61. The number of benzene rings is 3. The molecule has 0 saturated carbocycles. The molecule has 7 heteroatoms. The number of para-hydroxylation sites is 5. The summed E-state index contributed by atoms with van der Waals surface area (Å²) < 4.78 is 7.48. The minimum Gasteiger partial charge on any atom is -0.495 e. The van der Waals surface area contributed by atoms with Gasteiger partial charge in [-0.1, -0.05) is 42.5 Å². The van der Waals surface area contributed by atoms with Crippen molar-refractivity contribution in [2.45, 2.75) is 38.8 Å². The maximum absolute atomic E-state index is 13.7. The molecule has 0 spiro atoms. The predicted octanol–water partition coefficient (Wildman–Crippen LogP) is 5.01. The number of hydrogen-bond donors (Lipinski definition) is 0. The first-order chi connectivity index (χ1) is 17.5. The zero-order valence-corrected chi connectivity index (χ0v) is 20.8. The summed E-state index contributed by atoms with van der Waals surface area (Å²) in [5.74, 6) is 1.26. The molecule has 5 rings (SSSR count). The topological polar surface area (TPSA) is 67.7 Å². The van der Waals surface area contributed by atoms with Gasteiger partial charge in [-0.15, -0.1) is 0 Å². The molecular weight excluding hydrogens is 452 g/mol. The molecule has 1 fully saturated rings. The standard InChI is InChI=1S/C29H30N4O3/c1-20(2)33(22-11-5-4-6-12-22)28(35)19-32-24-14-8-7-13-23(24)30-29(32)21-17-27(34)31(18-21)25-15-9-10-16-26(25)36-3/h4-16,20-21H,17-19H2,1-3H3. The van der Waals surface area contributed by atoms with E-state index in [1.54, 1.807) is 12.0 Å². The van der Waals surface area contributed by atoms with Crippen LogP contribution in [0.4, 0.5) is 11.4 Å². The first-order valence-electron chi connectivity index (χ1n) is 12.2. The van der Waals surface area contributed by atoms with Crippen LogP contribution in [0, 0.1) is 0 Å². The molecule has 1 aliphatic rings. The van der Waals surface area contributed by atoms with Gasteiger partial charge in [-0.3, -0.25) is 9.59 Å². The number of rotatable bonds is 7. The second kappa shape index (κ2) is 9.85. The molecule has 3 aromatic carbocycles. The van der Waals surface area contributed by atoms with E-state index in [1.807, 2.05) is 102 Å². The van der Waals surface area contributed by atoms with Gasteiger partial charge in [0.25, 0.3) is 0 Å². The number of carbonyl (C=O) groups is 2. The number of carbonyl (C=O) groups excluding carboxylic acids is 2. The molecule has 1 saturated heterocycles. The van der Waals surface area contributed by atoms with Crippen LogP contribution in [0.3, 0.4) is 0 Å². The number of anilines is 2. The fraction of sp³-hybridized carbons (Fsp3) is 0.276. The van der Waals surface area contributed by atoms with E-state index in [2.05, 4.69) is 0 Å². The number of ether oxygens (including phenoxy) is 1. The van der Waals surface area contributed by atoms with Crippen molar-refractivity contribution >= 4 is 34.2 Å². The van der Waals surface area contributed by atoms with E-state index in [4.69, 9.17) is 9.72 Å². The van der Waals surface area contributed by atoms with Crippen molar-refractivity contribution in [3.8, 4) is 5.75 Å². The molecule has 4 aromatic rings. The van der Waals surface area contributed by atoms with Crippen molar-refractivity contribution in [3.05, 3.63) is 84.7 Å². The summed E-state index contributed by atoms with van der Waals surface area (Å²) in [5.41, 5.74) is 3.32. The van der Waals surface area contributed by atoms with Gasteiger partial charge >= 0.3 is 0 Å². The second-order valence-electron chi connectivity index (χ2n) is 9.32. The molecule has 1 aliphatic heterocycles. The van der Waals surface area contributed by atoms with Gasteiger partial charge in [0.05, 0.1) is 23.8 Å². The van der Waals surface area contributed by atoms with E-state index in [0.29, 0.717) is 18.7 Å². The predicted molar refractivity (Wildman–Crippen MR) is 142 cm³/mol. The Bertz CT molecular complexity index is 1400. The summed E-state index contributed by atoms with van der Waals surface area (Å²) >= 11 is 0. The molecule has 2 amide bonds. The van der Waals surface area contributed by atoms with E-state index in [-0.39, 0.29) is 30.3 Å². The molecule has 7 nitrogen and oxygen atoms in total. The second-order valence-corrected chi connectivity index (χ2v) is 9.32. The molecule has 0 bridgehead atoms. The number of imidazole rings is 1. The summed E-state index contributed by atoms with van der Waals surface area (Å²) in [6.07, 6.45) is 0.322. The maximum atomic E-state index is 13.7. The number of fused-ring (bicyclic) bond motifs is 1. The minimum absolute atomic E-state index is 0.00719. The van der Waals surface area contributed by atoms with Gasteiger partial charge in [-0.25, -0.2) is 4.98 Å². The molecule has 184 valence electrons. The van der Waals surface area contributed by atoms with E-state index < -0.39 is 0 Å². The van der Waals surface area contributed by atoms with E-state index in [9.17, 15) is 9.59 Å². The largest absolute Gasteiger partial charge is 0.495 e. The lowest BCUT2D eigenvalue weighted by molar-refractivity contribution is -0.119. The number of aromatic nitrogens is 2. The Hall–Kier alpha value is -4.13. The van der Waals surface area contributed by atoms with Gasteiger partial charge in [-0.2, -0.15) is 0 Å². The van der Waals surface area contributed by atoms with Crippen molar-refractivity contribution in [3.63, 3.8) is 0 Å². The highest BCUT2D eigenvalue weighted by Gasteiger charge is 2.36. The highest BCUT2D eigenvalue weighted by Crippen LogP contribution is 2.37. The lowest BCUT2D eigenvalue weighted by Crippen LogP contribution is -2.39. The third-order valence-corrected chi connectivity index (χ3v) is 6.66. The Balaban J connectivity index is 1.50. The number of methoxy groups -OCH3 is 1. The van der Waals surface area contributed by atoms with Crippen molar-refractivity contribution in [2.24, 2.45) is 0 Å². The van der Waals surface area contributed by atoms with Crippen LogP contribution in [-0.4, -0.2) is 41.1 Å². The highest BCUT2D eigenvalue weighted by atomic mass is 16.5. The minimum atomic E-state index is -0.146. The normalized spacial score (nSPS) is 15.6. The first-order valence-corrected chi connectivity index (χ1v) is 12.2.